The van der Waals surface area contributed by atoms with Crippen molar-refractivity contribution in [3.63, 3.8) is 0 Å². The first-order valence-electron chi connectivity index (χ1n) is 4.38. The van der Waals surface area contributed by atoms with E-state index >= 15 is 0 Å². The van der Waals surface area contributed by atoms with Crippen LogP contribution in [-0.2, 0) is 9.53 Å². The molecule has 14 heavy (non-hydrogen) atoms. The number of methoxy groups -OCH3 is 1. The predicted octanol–water partition coefficient (Wildman–Crippen LogP) is -1.20. The molecule has 0 aliphatic heterocycles. The van der Waals surface area contributed by atoms with Gasteiger partial charge in [0.05, 0.1) is 6.61 Å². The monoisotopic (exact) mass is 202 g/mol. The molecule has 82 valence electrons. The molecule has 6 nitrogen and oxygen atoms in total. The van der Waals surface area contributed by atoms with Crippen molar-refractivity contribution in [1.29, 1.82) is 0 Å². The molecule has 0 aliphatic rings. The predicted molar refractivity (Wildman–Crippen MR) is 54.8 cm³/mol. The lowest BCUT2D eigenvalue weighted by Gasteiger charge is -2.13. The molecule has 1 amide bonds. The lowest BCUT2D eigenvalue weighted by molar-refractivity contribution is -0.118. The lowest BCUT2D eigenvalue weighted by atomic mass is 10.1. The van der Waals surface area contributed by atoms with Crippen LogP contribution in [0.1, 0.15) is 12.8 Å². The zero-order valence-electron chi connectivity index (χ0n) is 8.62. The number of hydrogen-bond donors (Lipinski definition) is 3. The Labute approximate surface area is 83.7 Å². The van der Waals surface area contributed by atoms with E-state index in [-0.39, 0.29) is 17.9 Å². The van der Waals surface area contributed by atoms with Gasteiger partial charge in [0.2, 0.25) is 5.91 Å². The standard InChI is InChI=1S/C8H18N4O2/c1-11-6(5-14-2)3-4-7(13)12-8(9)10/h6,11H,3-5H2,1-2H3,(H4,9,10,12,13). The molecule has 5 N–H and O–H groups in total. The van der Waals surface area contributed by atoms with E-state index in [9.17, 15) is 4.79 Å². The van der Waals surface area contributed by atoms with Crippen LogP contribution in [0, 0.1) is 0 Å². The van der Waals surface area contributed by atoms with Crippen molar-refractivity contribution in [2.45, 2.75) is 18.9 Å². The molecule has 0 heterocycles. The largest absolute Gasteiger partial charge is 0.383 e. The number of nitrogens with one attached hydrogen (secondary N) is 1. The van der Waals surface area contributed by atoms with Crippen molar-refractivity contribution in [2.75, 3.05) is 20.8 Å². The highest BCUT2D eigenvalue weighted by atomic mass is 16.5. The molecule has 0 spiro atoms. The fourth-order valence-corrected chi connectivity index (χ4v) is 1.01. The molecule has 0 radical (unpaired) electrons. The molecular weight excluding hydrogens is 184 g/mol. The van der Waals surface area contributed by atoms with Gasteiger partial charge in [0.1, 0.15) is 0 Å². The van der Waals surface area contributed by atoms with Crippen LogP contribution in [0.15, 0.2) is 4.99 Å². The van der Waals surface area contributed by atoms with Crippen molar-refractivity contribution in [3.05, 3.63) is 0 Å². The molecule has 0 bridgehead atoms. The van der Waals surface area contributed by atoms with Gasteiger partial charge in [-0.05, 0) is 13.5 Å². The molecule has 0 rings (SSSR count). The smallest absolute Gasteiger partial charge is 0.248 e. The first-order chi connectivity index (χ1) is 6.60. The molecule has 1 unspecified atom stereocenters. The molecule has 0 saturated carbocycles. The van der Waals surface area contributed by atoms with Gasteiger partial charge in [0.15, 0.2) is 5.96 Å². The van der Waals surface area contributed by atoms with Gasteiger partial charge < -0.3 is 21.5 Å². The normalized spacial score (nSPS) is 12.1. The third-order valence-corrected chi connectivity index (χ3v) is 1.74. The first-order valence-corrected chi connectivity index (χ1v) is 4.38. The van der Waals surface area contributed by atoms with Gasteiger partial charge in [0, 0.05) is 19.6 Å². The summed E-state index contributed by atoms with van der Waals surface area (Å²) in [5.74, 6) is -0.496. The second kappa shape index (κ2) is 7.28. The fraction of sp³-hybridized carbons (Fsp3) is 0.750. The van der Waals surface area contributed by atoms with Crippen LogP contribution in [-0.4, -0.2) is 38.7 Å². The summed E-state index contributed by atoms with van der Waals surface area (Å²) in [6.45, 7) is 0.561. The van der Waals surface area contributed by atoms with Gasteiger partial charge in [-0.2, -0.15) is 4.99 Å². The van der Waals surface area contributed by atoms with Crippen LogP contribution in [0.5, 0.6) is 0 Å². The van der Waals surface area contributed by atoms with Crippen molar-refractivity contribution >= 4 is 11.9 Å². The van der Waals surface area contributed by atoms with Gasteiger partial charge in [-0.25, -0.2) is 0 Å². The Morgan fingerprint density at radius 1 is 1.57 bits per heavy atom. The summed E-state index contributed by atoms with van der Waals surface area (Å²) in [4.78, 5) is 14.5. The average molecular weight is 202 g/mol. The summed E-state index contributed by atoms with van der Waals surface area (Å²) in [7, 11) is 3.43. The molecule has 0 aromatic heterocycles. The van der Waals surface area contributed by atoms with E-state index in [4.69, 9.17) is 16.2 Å². The van der Waals surface area contributed by atoms with Crippen LogP contribution < -0.4 is 16.8 Å². The minimum atomic E-state index is -0.304. The quantitative estimate of drug-likeness (QED) is 0.371. The molecule has 0 aromatic carbocycles. The summed E-state index contributed by atoms with van der Waals surface area (Å²) in [6.07, 6.45) is 0.965. The molecule has 0 aromatic rings. The molecule has 6 heteroatoms. The number of hydrogen-bond acceptors (Lipinski definition) is 3. The summed E-state index contributed by atoms with van der Waals surface area (Å²) >= 11 is 0. The highest BCUT2D eigenvalue weighted by Gasteiger charge is 2.08. The van der Waals surface area contributed by atoms with Crippen molar-refractivity contribution < 1.29 is 9.53 Å². The maximum atomic E-state index is 11.1. The summed E-state index contributed by atoms with van der Waals surface area (Å²) in [5, 5.41) is 3.02. The minimum Gasteiger partial charge on any atom is -0.383 e. The van der Waals surface area contributed by atoms with E-state index in [1.807, 2.05) is 7.05 Å². The van der Waals surface area contributed by atoms with Crippen LogP contribution in [0.3, 0.4) is 0 Å². The van der Waals surface area contributed by atoms with Crippen molar-refractivity contribution in [1.82, 2.24) is 5.32 Å². The number of carbonyl (C=O) groups is 1. The minimum absolute atomic E-state index is 0.151. The Hall–Kier alpha value is -1.14. The van der Waals surface area contributed by atoms with Crippen LogP contribution in [0.2, 0.25) is 0 Å². The Morgan fingerprint density at radius 3 is 2.64 bits per heavy atom. The third-order valence-electron chi connectivity index (χ3n) is 1.74. The van der Waals surface area contributed by atoms with Crippen LogP contribution in [0.4, 0.5) is 0 Å². The van der Waals surface area contributed by atoms with Gasteiger partial charge >= 0.3 is 0 Å². The van der Waals surface area contributed by atoms with E-state index in [1.54, 1.807) is 7.11 Å². The number of nitrogens with two attached hydrogens (primary N) is 2. The SMILES string of the molecule is CNC(CCC(=O)N=C(N)N)COC. The number of ether oxygens (including phenoxy) is 1. The second-order valence-corrected chi connectivity index (χ2v) is 2.91. The van der Waals surface area contributed by atoms with Crippen molar-refractivity contribution in [2.24, 2.45) is 16.5 Å². The number of guanidine groups is 1. The number of nitrogens with zero attached hydrogens (tertiary/aromatic N) is 1. The maximum absolute atomic E-state index is 11.1. The zero-order valence-corrected chi connectivity index (χ0v) is 8.62. The highest BCUT2D eigenvalue weighted by Crippen LogP contribution is 1.98. The molecule has 0 fully saturated rings. The van der Waals surface area contributed by atoms with E-state index < -0.39 is 0 Å². The first kappa shape index (κ1) is 12.9. The number of carbonyl (C=O) groups excluding carboxylic acids is 1. The molecule has 0 aliphatic carbocycles. The zero-order chi connectivity index (χ0) is 11.0. The molecule has 1 atom stereocenters. The number of likely N-dealkylation sites (N-methyl/N-ethyl adjacent to an activating group) is 1. The summed E-state index contributed by atoms with van der Waals surface area (Å²) in [6, 6.07) is 0.151. The average Bonchev–Trinajstić information content (AvgIpc) is 2.11. The van der Waals surface area contributed by atoms with Gasteiger partial charge in [-0.1, -0.05) is 0 Å². The van der Waals surface area contributed by atoms with E-state index in [2.05, 4.69) is 10.3 Å². The van der Waals surface area contributed by atoms with Crippen LogP contribution >= 0.6 is 0 Å². The van der Waals surface area contributed by atoms with Crippen molar-refractivity contribution in [3.8, 4) is 0 Å². The highest BCUT2D eigenvalue weighted by molar-refractivity contribution is 5.91. The lowest BCUT2D eigenvalue weighted by Crippen LogP contribution is -2.30. The van der Waals surface area contributed by atoms with E-state index in [0.717, 1.165) is 0 Å². The molecular formula is C8H18N4O2. The number of amides is 1. The van der Waals surface area contributed by atoms with Gasteiger partial charge in [-0.3, -0.25) is 4.79 Å². The third kappa shape index (κ3) is 6.38. The number of aliphatic imine (C=N–C) groups is 1. The van der Waals surface area contributed by atoms with E-state index in [0.29, 0.717) is 19.4 Å². The second-order valence-electron chi connectivity index (χ2n) is 2.91. The molecule has 0 saturated heterocycles. The summed E-state index contributed by atoms with van der Waals surface area (Å²) in [5.41, 5.74) is 10.1. The Morgan fingerprint density at radius 2 is 2.21 bits per heavy atom. The van der Waals surface area contributed by atoms with Gasteiger partial charge in [-0.15, -0.1) is 0 Å². The topological polar surface area (TPSA) is 103 Å². The van der Waals surface area contributed by atoms with Crippen LogP contribution in [0.25, 0.3) is 0 Å². The Bertz CT molecular complexity index is 202. The summed E-state index contributed by atoms with van der Waals surface area (Å²) < 4.78 is 4.95. The Balaban J connectivity index is 3.79. The maximum Gasteiger partial charge on any atom is 0.248 e. The number of rotatable bonds is 6. The Kier molecular flexibility index (Phi) is 6.69. The fourth-order valence-electron chi connectivity index (χ4n) is 1.01. The van der Waals surface area contributed by atoms with E-state index in [1.165, 1.54) is 0 Å². The van der Waals surface area contributed by atoms with Gasteiger partial charge in [0.25, 0.3) is 0 Å².